The van der Waals surface area contributed by atoms with Crippen molar-refractivity contribution >= 4 is 5.78 Å². The molecule has 1 unspecified atom stereocenters. The van der Waals surface area contributed by atoms with E-state index >= 15 is 4.39 Å². The SMILES string of the molecule is Cc1ccc(C2(F)Cc3ccccc3C2=O)cc1. The third kappa shape index (κ3) is 1.49. The molecule has 0 saturated heterocycles. The highest BCUT2D eigenvalue weighted by Gasteiger charge is 2.47. The van der Waals surface area contributed by atoms with Gasteiger partial charge in [0, 0.05) is 12.0 Å². The summed E-state index contributed by atoms with van der Waals surface area (Å²) in [6.45, 7) is 1.94. The number of carbonyl (C=O) groups is 1. The highest BCUT2D eigenvalue weighted by molar-refractivity contribution is 6.07. The van der Waals surface area contributed by atoms with Crippen LogP contribution in [0.2, 0.25) is 0 Å². The fourth-order valence-electron chi connectivity index (χ4n) is 2.50. The molecular weight excluding hydrogens is 227 g/mol. The predicted octanol–water partition coefficient (Wildman–Crippen LogP) is 3.60. The molecule has 2 heteroatoms. The van der Waals surface area contributed by atoms with Crippen LogP contribution in [0.1, 0.15) is 27.0 Å². The van der Waals surface area contributed by atoms with E-state index in [1.54, 1.807) is 24.3 Å². The Bertz CT molecular complexity index is 615. The van der Waals surface area contributed by atoms with Gasteiger partial charge in [0.1, 0.15) is 0 Å². The number of hydrogen-bond acceptors (Lipinski definition) is 1. The van der Waals surface area contributed by atoms with Crippen molar-refractivity contribution in [2.24, 2.45) is 0 Å². The number of alkyl halides is 1. The van der Waals surface area contributed by atoms with E-state index in [-0.39, 0.29) is 6.42 Å². The van der Waals surface area contributed by atoms with Crippen molar-refractivity contribution in [3.8, 4) is 0 Å². The van der Waals surface area contributed by atoms with E-state index in [2.05, 4.69) is 0 Å². The number of benzene rings is 2. The van der Waals surface area contributed by atoms with Crippen LogP contribution in [0.4, 0.5) is 4.39 Å². The van der Waals surface area contributed by atoms with Gasteiger partial charge in [0.25, 0.3) is 0 Å². The maximum absolute atomic E-state index is 15.0. The van der Waals surface area contributed by atoms with Crippen molar-refractivity contribution in [3.63, 3.8) is 0 Å². The number of Topliss-reactive ketones (excluding diaryl/α,β-unsaturated/α-hetero) is 1. The molecule has 0 aromatic heterocycles. The summed E-state index contributed by atoms with van der Waals surface area (Å²) in [6.07, 6.45) is 0.144. The molecule has 0 spiro atoms. The first-order chi connectivity index (χ1) is 8.61. The molecule has 1 aliphatic carbocycles. The lowest BCUT2D eigenvalue weighted by molar-refractivity contribution is 0.0716. The second-order valence-corrected chi connectivity index (χ2v) is 4.83. The Morgan fingerprint density at radius 2 is 1.72 bits per heavy atom. The zero-order valence-corrected chi connectivity index (χ0v) is 10.1. The fraction of sp³-hybridized carbons (Fsp3) is 0.188. The van der Waals surface area contributed by atoms with Crippen molar-refractivity contribution in [2.75, 3.05) is 0 Å². The molecule has 18 heavy (non-hydrogen) atoms. The Morgan fingerprint density at radius 3 is 2.39 bits per heavy atom. The largest absolute Gasteiger partial charge is 0.290 e. The van der Waals surface area contributed by atoms with Gasteiger partial charge in [0.15, 0.2) is 0 Å². The molecule has 1 nitrogen and oxygen atoms in total. The van der Waals surface area contributed by atoms with E-state index in [9.17, 15) is 4.79 Å². The molecule has 0 N–H and O–H groups in total. The highest BCUT2D eigenvalue weighted by atomic mass is 19.1. The summed E-state index contributed by atoms with van der Waals surface area (Å²) >= 11 is 0. The molecule has 0 amide bonds. The van der Waals surface area contributed by atoms with Crippen LogP contribution in [-0.2, 0) is 12.1 Å². The van der Waals surface area contributed by atoms with Gasteiger partial charge < -0.3 is 0 Å². The van der Waals surface area contributed by atoms with E-state index in [4.69, 9.17) is 0 Å². The zero-order chi connectivity index (χ0) is 12.8. The quantitative estimate of drug-likeness (QED) is 0.744. The van der Waals surface area contributed by atoms with Gasteiger partial charge in [-0.2, -0.15) is 0 Å². The van der Waals surface area contributed by atoms with Gasteiger partial charge in [-0.25, -0.2) is 4.39 Å². The molecule has 3 rings (SSSR count). The second-order valence-electron chi connectivity index (χ2n) is 4.83. The Balaban J connectivity index is 2.09. The molecule has 2 aromatic rings. The maximum atomic E-state index is 15.0. The number of aryl methyl sites for hydroxylation is 1. The third-order valence-corrected chi connectivity index (χ3v) is 3.57. The van der Waals surface area contributed by atoms with E-state index in [0.29, 0.717) is 11.1 Å². The molecule has 0 heterocycles. The lowest BCUT2D eigenvalue weighted by atomic mass is 9.91. The van der Waals surface area contributed by atoms with E-state index in [1.807, 2.05) is 31.2 Å². The Kier molecular flexibility index (Phi) is 2.34. The van der Waals surface area contributed by atoms with Gasteiger partial charge in [-0.1, -0.05) is 54.1 Å². The first kappa shape index (κ1) is 11.1. The van der Waals surface area contributed by atoms with Crippen LogP contribution in [-0.4, -0.2) is 5.78 Å². The summed E-state index contributed by atoms with van der Waals surface area (Å²) < 4.78 is 15.0. The summed E-state index contributed by atoms with van der Waals surface area (Å²) in [5.74, 6) is -0.415. The van der Waals surface area contributed by atoms with Gasteiger partial charge in [0.2, 0.25) is 11.5 Å². The average molecular weight is 240 g/mol. The van der Waals surface area contributed by atoms with Crippen LogP contribution in [0.25, 0.3) is 0 Å². The van der Waals surface area contributed by atoms with Crippen molar-refractivity contribution in [1.29, 1.82) is 0 Å². The Morgan fingerprint density at radius 1 is 1.06 bits per heavy atom. The summed E-state index contributed by atoms with van der Waals surface area (Å²) in [6, 6.07) is 14.2. The lowest BCUT2D eigenvalue weighted by Gasteiger charge is -2.18. The summed E-state index contributed by atoms with van der Waals surface area (Å²) in [5, 5.41) is 0. The lowest BCUT2D eigenvalue weighted by Crippen LogP contribution is -2.27. The van der Waals surface area contributed by atoms with Crippen LogP contribution in [0, 0.1) is 6.92 Å². The zero-order valence-electron chi connectivity index (χ0n) is 10.1. The van der Waals surface area contributed by atoms with Crippen molar-refractivity contribution in [2.45, 2.75) is 19.0 Å². The molecule has 1 aliphatic rings. The predicted molar refractivity (Wildman–Crippen MR) is 68.4 cm³/mol. The molecule has 90 valence electrons. The summed E-state index contributed by atoms with van der Waals surface area (Å²) in [7, 11) is 0. The summed E-state index contributed by atoms with van der Waals surface area (Å²) in [5.41, 5.74) is 0.933. The van der Waals surface area contributed by atoms with E-state index in [1.165, 1.54) is 0 Å². The topological polar surface area (TPSA) is 17.1 Å². The van der Waals surface area contributed by atoms with Crippen molar-refractivity contribution in [3.05, 3.63) is 70.8 Å². The first-order valence-electron chi connectivity index (χ1n) is 6.00. The molecular formula is C16H13FO. The van der Waals surface area contributed by atoms with Gasteiger partial charge >= 0.3 is 0 Å². The van der Waals surface area contributed by atoms with E-state index < -0.39 is 11.5 Å². The first-order valence-corrected chi connectivity index (χ1v) is 6.00. The number of fused-ring (bicyclic) bond motifs is 1. The van der Waals surface area contributed by atoms with Crippen molar-refractivity contribution < 1.29 is 9.18 Å². The monoisotopic (exact) mass is 240 g/mol. The minimum absolute atomic E-state index is 0.144. The van der Waals surface area contributed by atoms with Crippen LogP contribution in [0.3, 0.4) is 0 Å². The van der Waals surface area contributed by atoms with Gasteiger partial charge in [-0.05, 0) is 18.1 Å². The van der Waals surface area contributed by atoms with Crippen LogP contribution in [0.15, 0.2) is 48.5 Å². The molecule has 0 bridgehead atoms. The smallest absolute Gasteiger partial charge is 0.205 e. The number of halogens is 1. The standard InChI is InChI=1S/C16H13FO/c1-11-6-8-13(9-7-11)16(17)10-12-4-2-3-5-14(12)15(16)18/h2-9H,10H2,1H3. The second kappa shape index (κ2) is 3.77. The number of ketones is 1. The fourth-order valence-corrected chi connectivity index (χ4v) is 2.50. The number of rotatable bonds is 1. The van der Waals surface area contributed by atoms with Crippen LogP contribution < -0.4 is 0 Å². The molecule has 0 aliphatic heterocycles. The number of hydrogen-bond donors (Lipinski definition) is 0. The third-order valence-electron chi connectivity index (χ3n) is 3.57. The average Bonchev–Trinajstić information content (AvgIpc) is 2.64. The normalized spacial score (nSPS) is 22.0. The van der Waals surface area contributed by atoms with Gasteiger partial charge in [0.05, 0.1) is 0 Å². The molecule has 0 fully saturated rings. The molecule has 1 atom stereocenters. The maximum Gasteiger partial charge on any atom is 0.205 e. The molecule has 2 aromatic carbocycles. The highest BCUT2D eigenvalue weighted by Crippen LogP contribution is 2.40. The van der Waals surface area contributed by atoms with Crippen molar-refractivity contribution in [1.82, 2.24) is 0 Å². The Hall–Kier alpha value is -1.96. The van der Waals surface area contributed by atoms with Crippen LogP contribution >= 0.6 is 0 Å². The van der Waals surface area contributed by atoms with Crippen LogP contribution in [0.5, 0.6) is 0 Å². The molecule has 0 radical (unpaired) electrons. The number of carbonyl (C=O) groups excluding carboxylic acids is 1. The minimum atomic E-state index is -1.89. The van der Waals surface area contributed by atoms with E-state index in [0.717, 1.165) is 11.1 Å². The van der Waals surface area contributed by atoms with Gasteiger partial charge in [-0.3, -0.25) is 4.79 Å². The minimum Gasteiger partial charge on any atom is -0.290 e. The Labute approximate surface area is 105 Å². The summed E-state index contributed by atoms with van der Waals surface area (Å²) in [4.78, 5) is 12.2. The van der Waals surface area contributed by atoms with Gasteiger partial charge in [-0.15, -0.1) is 0 Å². The molecule has 0 saturated carbocycles.